The van der Waals surface area contributed by atoms with Crippen molar-refractivity contribution in [1.29, 1.82) is 0 Å². The van der Waals surface area contributed by atoms with Crippen LogP contribution in [0.15, 0.2) is 53.3 Å². The van der Waals surface area contributed by atoms with E-state index < -0.39 is 0 Å². The van der Waals surface area contributed by atoms with Crippen molar-refractivity contribution in [1.82, 2.24) is 9.55 Å². The standard InChI is InChI=1S/C14H11BrN2O/c1-18-13-4-2-3-12-14(13)17(9-16-12)11-7-5-10(15)6-8-11/h2-9H,1H3. The van der Waals surface area contributed by atoms with Gasteiger partial charge in [0.2, 0.25) is 0 Å². The highest BCUT2D eigenvalue weighted by atomic mass is 79.9. The van der Waals surface area contributed by atoms with Crippen LogP contribution in [0.4, 0.5) is 0 Å². The largest absolute Gasteiger partial charge is 0.494 e. The summed E-state index contributed by atoms with van der Waals surface area (Å²) in [5.41, 5.74) is 2.98. The number of rotatable bonds is 2. The van der Waals surface area contributed by atoms with Gasteiger partial charge >= 0.3 is 0 Å². The van der Waals surface area contributed by atoms with Crippen molar-refractivity contribution in [2.45, 2.75) is 0 Å². The first-order valence-corrected chi connectivity index (χ1v) is 6.35. The zero-order chi connectivity index (χ0) is 12.5. The van der Waals surface area contributed by atoms with Gasteiger partial charge in [0.1, 0.15) is 17.6 Å². The molecule has 2 aromatic carbocycles. The molecule has 1 heterocycles. The molecule has 0 unspecified atom stereocenters. The van der Waals surface area contributed by atoms with E-state index in [-0.39, 0.29) is 0 Å². The number of ether oxygens (including phenoxy) is 1. The van der Waals surface area contributed by atoms with Gasteiger partial charge in [-0.15, -0.1) is 0 Å². The molecule has 1 aromatic heterocycles. The quantitative estimate of drug-likeness (QED) is 0.720. The summed E-state index contributed by atoms with van der Waals surface area (Å²) in [6.07, 6.45) is 1.82. The van der Waals surface area contributed by atoms with Crippen LogP contribution >= 0.6 is 15.9 Å². The Labute approximate surface area is 113 Å². The first-order chi connectivity index (χ1) is 8.79. The molecular weight excluding hydrogens is 292 g/mol. The summed E-state index contributed by atoms with van der Waals surface area (Å²) in [5.74, 6) is 0.827. The molecule has 0 N–H and O–H groups in total. The third kappa shape index (κ3) is 1.78. The topological polar surface area (TPSA) is 27.1 Å². The van der Waals surface area contributed by atoms with Gasteiger partial charge in [-0.2, -0.15) is 0 Å². The SMILES string of the molecule is COc1cccc2ncn(-c3ccc(Br)cc3)c12. The Kier molecular flexibility index (Phi) is 2.80. The molecule has 0 spiro atoms. The number of aromatic nitrogens is 2. The smallest absolute Gasteiger partial charge is 0.145 e. The molecule has 0 aliphatic carbocycles. The molecule has 0 atom stereocenters. The fourth-order valence-electron chi connectivity index (χ4n) is 2.00. The number of halogens is 1. The Morgan fingerprint density at radius 2 is 1.89 bits per heavy atom. The van der Waals surface area contributed by atoms with Gasteiger partial charge in [-0.3, -0.25) is 4.57 Å². The van der Waals surface area contributed by atoms with E-state index in [1.165, 1.54) is 0 Å². The lowest BCUT2D eigenvalue weighted by molar-refractivity contribution is 0.418. The molecule has 3 aromatic rings. The highest BCUT2D eigenvalue weighted by molar-refractivity contribution is 9.10. The fourth-order valence-corrected chi connectivity index (χ4v) is 2.26. The maximum atomic E-state index is 5.40. The van der Waals surface area contributed by atoms with Crippen LogP contribution in [0.1, 0.15) is 0 Å². The zero-order valence-corrected chi connectivity index (χ0v) is 11.4. The van der Waals surface area contributed by atoms with Crippen LogP contribution in [0.2, 0.25) is 0 Å². The molecule has 18 heavy (non-hydrogen) atoms. The van der Waals surface area contributed by atoms with Gasteiger partial charge in [0, 0.05) is 10.2 Å². The van der Waals surface area contributed by atoms with Crippen molar-refractivity contribution in [3.05, 3.63) is 53.3 Å². The minimum atomic E-state index is 0.827. The summed E-state index contributed by atoms with van der Waals surface area (Å²) in [4.78, 5) is 4.40. The Balaban J connectivity index is 2.26. The van der Waals surface area contributed by atoms with Crippen LogP contribution in [0, 0.1) is 0 Å². The number of para-hydroxylation sites is 1. The Morgan fingerprint density at radius 1 is 1.11 bits per heavy atom. The second-order valence-corrected chi connectivity index (χ2v) is 4.83. The van der Waals surface area contributed by atoms with Gasteiger partial charge in [-0.1, -0.05) is 22.0 Å². The molecule has 0 saturated carbocycles. The number of benzene rings is 2. The third-order valence-corrected chi connectivity index (χ3v) is 3.38. The Hall–Kier alpha value is -1.81. The summed E-state index contributed by atoms with van der Waals surface area (Å²) in [7, 11) is 1.67. The molecule has 0 saturated heterocycles. The van der Waals surface area contributed by atoms with Crippen LogP contribution in [-0.4, -0.2) is 16.7 Å². The van der Waals surface area contributed by atoms with E-state index >= 15 is 0 Å². The summed E-state index contributed by atoms with van der Waals surface area (Å²) in [6.45, 7) is 0. The number of nitrogens with zero attached hydrogens (tertiary/aromatic N) is 2. The summed E-state index contributed by atoms with van der Waals surface area (Å²) < 4.78 is 8.49. The monoisotopic (exact) mass is 302 g/mol. The van der Waals surface area contributed by atoms with Crippen molar-refractivity contribution in [2.24, 2.45) is 0 Å². The molecule has 3 nitrogen and oxygen atoms in total. The van der Waals surface area contributed by atoms with Crippen molar-refractivity contribution >= 4 is 27.0 Å². The second kappa shape index (κ2) is 4.46. The molecular formula is C14H11BrN2O. The number of fused-ring (bicyclic) bond motifs is 1. The highest BCUT2D eigenvalue weighted by Crippen LogP contribution is 2.27. The molecule has 0 bridgehead atoms. The Bertz CT molecular complexity index is 689. The second-order valence-electron chi connectivity index (χ2n) is 3.92. The first-order valence-electron chi connectivity index (χ1n) is 5.55. The molecule has 0 radical (unpaired) electrons. The molecule has 0 amide bonds. The van der Waals surface area contributed by atoms with Crippen LogP contribution < -0.4 is 4.74 Å². The maximum absolute atomic E-state index is 5.40. The van der Waals surface area contributed by atoms with Crippen molar-refractivity contribution in [2.75, 3.05) is 7.11 Å². The average molecular weight is 303 g/mol. The summed E-state index contributed by atoms with van der Waals surface area (Å²) in [6, 6.07) is 14.0. The molecule has 0 aliphatic rings. The van der Waals surface area contributed by atoms with Gasteiger partial charge in [-0.25, -0.2) is 4.98 Å². The minimum Gasteiger partial charge on any atom is -0.494 e. The number of methoxy groups -OCH3 is 1. The number of hydrogen-bond donors (Lipinski definition) is 0. The molecule has 0 fully saturated rings. The van der Waals surface area contributed by atoms with Crippen LogP contribution in [0.5, 0.6) is 5.75 Å². The lowest BCUT2D eigenvalue weighted by Gasteiger charge is -2.07. The fraction of sp³-hybridized carbons (Fsp3) is 0.0714. The molecule has 90 valence electrons. The van der Waals surface area contributed by atoms with Gasteiger partial charge in [0.25, 0.3) is 0 Å². The van der Waals surface area contributed by atoms with Crippen molar-refractivity contribution in [3.8, 4) is 11.4 Å². The normalized spacial score (nSPS) is 10.8. The van der Waals surface area contributed by atoms with Crippen LogP contribution in [-0.2, 0) is 0 Å². The van der Waals surface area contributed by atoms with Gasteiger partial charge in [0.05, 0.1) is 12.6 Å². The summed E-state index contributed by atoms with van der Waals surface area (Å²) in [5, 5.41) is 0. The molecule has 0 aliphatic heterocycles. The third-order valence-electron chi connectivity index (χ3n) is 2.86. The van der Waals surface area contributed by atoms with Crippen LogP contribution in [0.25, 0.3) is 16.7 Å². The van der Waals surface area contributed by atoms with Gasteiger partial charge in [-0.05, 0) is 36.4 Å². The minimum absolute atomic E-state index is 0.827. The lowest BCUT2D eigenvalue weighted by Crippen LogP contribution is -1.94. The number of hydrogen-bond acceptors (Lipinski definition) is 2. The molecule has 4 heteroatoms. The van der Waals surface area contributed by atoms with Crippen molar-refractivity contribution < 1.29 is 4.74 Å². The highest BCUT2D eigenvalue weighted by Gasteiger charge is 2.09. The van der Waals surface area contributed by atoms with E-state index in [1.54, 1.807) is 7.11 Å². The average Bonchev–Trinajstić information content (AvgIpc) is 2.83. The van der Waals surface area contributed by atoms with E-state index in [1.807, 2.05) is 53.4 Å². The van der Waals surface area contributed by atoms with Gasteiger partial charge < -0.3 is 4.74 Å². The van der Waals surface area contributed by atoms with Gasteiger partial charge in [0.15, 0.2) is 0 Å². The first kappa shape index (κ1) is 11.3. The van der Waals surface area contributed by atoms with E-state index in [4.69, 9.17) is 4.74 Å². The predicted octanol–water partition coefficient (Wildman–Crippen LogP) is 3.80. The van der Waals surface area contributed by atoms with E-state index in [0.29, 0.717) is 0 Å². The van der Waals surface area contributed by atoms with E-state index in [0.717, 1.165) is 26.9 Å². The Morgan fingerprint density at radius 3 is 2.61 bits per heavy atom. The van der Waals surface area contributed by atoms with Crippen LogP contribution in [0.3, 0.4) is 0 Å². The number of imidazole rings is 1. The zero-order valence-electron chi connectivity index (χ0n) is 9.80. The van der Waals surface area contributed by atoms with E-state index in [9.17, 15) is 0 Å². The van der Waals surface area contributed by atoms with Crippen molar-refractivity contribution in [3.63, 3.8) is 0 Å². The molecule has 3 rings (SSSR count). The summed E-state index contributed by atoms with van der Waals surface area (Å²) >= 11 is 3.44. The predicted molar refractivity (Wildman–Crippen MR) is 75.3 cm³/mol. The lowest BCUT2D eigenvalue weighted by atomic mass is 10.2. The maximum Gasteiger partial charge on any atom is 0.145 e. The van der Waals surface area contributed by atoms with E-state index in [2.05, 4.69) is 20.9 Å².